The number of alkyl halides is 2. The Morgan fingerprint density at radius 1 is 1.11 bits per heavy atom. The van der Waals surface area contributed by atoms with Gasteiger partial charge in [0.15, 0.2) is 0 Å². The first-order valence-electron chi connectivity index (χ1n) is 12.0. The minimum atomic E-state index is -2.56. The van der Waals surface area contributed by atoms with Crippen molar-refractivity contribution in [1.29, 1.82) is 0 Å². The molecule has 11 heteroatoms. The fourth-order valence-corrected chi connectivity index (χ4v) is 3.84. The summed E-state index contributed by atoms with van der Waals surface area (Å²) in [6, 6.07) is 12.7. The van der Waals surface area contributed by atoms with E-state index in [1.165, 1.54) is 24.1 Å². The van der Waals surface area contributed by atoms with E-state index in [9.17, 15) is 22.8 Å². The van der Waals surface area contributed by atoms with Gasteiger partial charge in [0, 0.05) is 45.3 Å². The van der Waals surface area contributed by atoms with Crippen LogP contribution in [0.1, 0.15) is 30.9 Å². The molecule has 0 heterocycles. The number of hydrogen-bond acceptors (Lipinski definition) is 4. The van der Waals surface area contributed by atoms with Crippen LogP contribution in [0.15, 0.2) is 65.3 Å². The van der Waals surface area contributed by atoms with Gasteiger partial charge in [0.1, 0.15) is 5.82 Å². The monoisotopic (exact) mass is 551 g/mol. The Hall–Kier alpha value is -3.37. The molecule has 3 N–H and O–H groups in total. The number of rotatable bonds is 13. The van der Waals surface area contributed by atoms with E-state index in [-0.39, 0.29) is 36.9 Å². The van der Waals surface area contributed by atoms with Crippen LogP contribution in [0.4, 0.5) is 18.0 Å². The van der Waals surface area contributed by atoms with Gasteiger partial charge < -0.3 is 20.9 Å². The zero-order valence-electron chi connectivity index (χ0n) is 21.6. The van der Waals surface area contributed by atoms with Crippen LogP contribution in [0.3, 0.4) is 0 Å². The predicted octanol–water partition coefficient (Wildman–Crippen LogP) is 4.76. The second kappa shape index (κ2) is 15.8. The lowest BCUT2D eigenvalue weighted by Gasteiger charge is -2.29. The molecule has 0 aliphatic rings. The van der Waals surface area contributed by atoms with E-state index in [0.717, 1.165) is 5.56 Å². The molecule has 206 valence electrons. The van der Waals surface area contributed by atoms with Gasteiger partial charge in [-0.25, -0.2) is 18.0 Å². The smallest absolute Gasteiger partial charge is 0.317 e. The van der Waals surface area contributed by atoms with Gasteiger partial charge in [0.05, 0.1) is 17.3 Å². The quantitative estimate of drug-likeness (QED) is 0.314. The van der Waals surface area contributed by atoms with Crippen LogP contribution >= 0.6 is 11.6 Å². The van der Waals surface area contributed by atoms with Crippen molar-refractivity contribution in [3.8, 4) is 0 Å². The Bertz CT molecular complexity index is 1130. The molecule has 3 amide bonds. The summed E-state index contributed by atoms with van der Waals surface area (Å²) in [6.45, 7) is 1.23. The van der Waals surface area contributed by atoms with Gasteiger partial charge in [-0.15, -0.1) is 0 Å². The first-order valence-corrected chi connectivity index (χ1v) is 12.4. The molecule has 0 bridgehead atoms. The van der Waals surface area contributed by atoms with Gasteiger partial charge in [0.2, 0.25) is 5.91 Å². The predicted molar refractivity (Wildman–Crippen MR) is 144 cm³/mol. The van der Waals surface area contributed by atoms with Gasteiger partial charge in [-0.3, -0.25) is 9.79 Å². The largest absolute Gasteiger partial charge is 0.334 e. The molecule has 0 spiro atoms. The number of likely N-dealkylation sites (N-methyl/N-ethyl adjacent to an activating group) is 1. The Balaban J connectivity index is 1.98. The number of aliphatic imine (C=N–C) groups is 1. The summed E-state index contributed by atoms with van der Waals surface area (Å²) in [5, 5.41) is 7.99. The summed E-state index contributed by atoms with van der Waals surface area (Å²) in [5.41, 5.74) is 2.59. The molecule has 0 radical (unpaired) electrons. The molecule has 2 rings (SSSR count). The van der Waals surface area contributed by atoms with Gasteiger partial charge >= 0.3 is 6.03 Å². The van der Waals surface area contributed by atoms with Crippen molar-refractivity contribution in [2.24, 2.45) is 4.99 Å². The number of carbonyl (C=O) groups is 2. The summed E-state index contributed by atoms with van der Waals surface area (Å²) >= 11 is 5.94. The van der Waals surface area contributed by atoms with Crippen LogP contribution in [0.2, 0.25) is 5.02 Å². The Morgan fingerprint density at radius 2 is 1.82 bits per heavy atom. The second-order valence-electron chi connectivity index (χ2n) is 8.57. The molecule has 0 fully saturated rings. The molecule has 38 heavy (non-hydrogen) atoms. The first-order chi connectivity index (χ1) is 18.1. The lowest BCUT2D eigenvalue weighted by atomic mass is 10.1. The third kappa shape index (κ3) is 10.2. The fraction of sp³-hybridized carbons (Fsp3) is 0.370. The number of amides is 3. The minimum absolute atomic E-state index is 0.0237. The fourth-order valence-electron chi connectivity index (χ4n) is 3.65. The number of halogens is 4. The molecule has 0 aliphatic heterocycles. The molecule has 0 aromatic heterocycles. The van der Waals surface area contributed by atoms with Gasteiger partial charge in [-0.05, 0) is 36.6 Å². The highest BCUT2D eigenvalue weighted by molar-refractivity contribution is 6.31. The van der Waals surface area contributed by atoms with E-state index in [1.807, 2.05) is 30.3 Å². The molecule has 0 saturated heterocycles. The highest BCUT2D eigenvalue weighted by Gasteiger charge is 2.22. The van der Waals surface area contributed by atoms with Crippen LogP contribution in [0.5, 0.6) is 0 Å². The van der Waals surface area contributed by atoms with E-state index in [2.05, 4.69) is 20.9 Å². The summed E-state index contributed by atoms with van der Waals surface area (Å²) in [5.74, 6) is -0.890. The van der Waals surface area contributed by atoms with E-state index in [1.54, 1.807) is 26.1 Å². The van der Waals surface area contributed by atoms with Gasteiger partial charge in [-0.1, -0.05) is 54.1 Å². The number of allylic oxidation sites excluding steroid dienone is 2. The second-order valence-corrected chi connectivity index (χ2v) is 8.95. The topological polar surface area (TPSA) is 85.8 Å². The number of urea groups is 1. The van der Waals surface area contributed by atoms with Crippen molar-refractivity contribution < 1.29 is 22.8 Å². The number of nitrogens with zero attached hydrogens (tertiary/aromatic N) is 2. The highest BCUT2D eigenvalue weighted by Crippen LogP contribution is 2.19. The van der Waals surface area contributed by atoms with E-state index in [0.29, 0.717) is 17.0 Å². The zero-order chi connectivity index (χ0) is 28.1. The molecule has 0 saturated carbocycles. The van der Waals surface area contributed by atoms with E-state index < -0.39 is 30.9 Å². The third-order valence-corrected chi connectivity index (χ3v) is 6.14. The normalized spacial score (nSPS) is 12.8. The van der Waals surface area contributed by atoms with Gasteiger partial charge in [0.25, 0.3) is 6.43 Å². The van der Waals surface area contributed by atoms with E-state index >= 15 is 0 Å². The number of carbonyl (C=O) groups excluding carboxylic acids is 2. The average Bonchev–Trinajstić information content (AvgIpc) is 2.89. The van der Waals surface area contributed by atoms with Crippen LogP contribution in [-0.4, -0.2) is 62.2 Å². The van der Waals surface area contributed by atoms with Crippen LogP contribution in [-0.2, 0) is 11.3 Å². The standard InChI is InChI=1S/C27H33ClF3N5O2/c1-18(14-23(32-2)19-8-5-4-6-9-19)35-25(37)13-12-21(16-33-17-24(30)31)36(3)27(38)34-15-20-10-7-11-22(29)26(20)28/h4-11,14,21,24,33H,12-13,15-17H2,1-3H3,(H,34,38)(H,35,37)/b18-14+,32-23?. The van der Waals surface area contributed by atoms with Crippen molar-refractivity contribution in [2.75, 3.05) is 27.2 Å². The summed E-state index contributed by atoms with van der Waals surface area (Å²) in [4.78, 5) is 31.0. The Morgan fingerprint density at radius 3 is 2.47 bits per heavy atom. The summed E-state index contributed by atoms with van der Waals surface area (Å²) < 4.78 is 39.0. The summed E-state index contributed by atoms with van der Waals surface area (Å²) in [7, 11) is 3.16. The lowest BCUT2D eigenvalue weighted by molar-refractivity contribution is -0.120. The maximum atomic E-state index is 13.7. The molecular formula is C27H33ClF3N5O2. The SMILES string of the molecule is CN=C(/C=C(\C)NC(=O)CCC(CNCC(F)F)N(C)C(=O)NCc1cccc(F)c1Cl)c1ccccc1. The van der Waals surface area contributed by atoms with Crippen LogP contribution < -0.4 is 16.0 Å². The number of nitrogens with one attached hydrogen (secondary N) is 3. The van der Waals surface area contributed by atoms with Crippen LogP contribution in [0.25, 0.3) is 0 Å². The van der Waals surface area contributed by atoms with Crippen molar-refractivity contribution in [2.45, 2.75) is 38.8 Å². The molecule has 2 aromatic carbocycles. The Labute approximate surface area is 226 Å². The third-order valence-electron chi connectivity index (χ3n) is 5.71. The zero-order valence-corrected chi connectivity index (χ0v) is 22.4. The van der Waals surface area contributed by atoms with Crippen molar-refractivity contribution in [1.82, 2.24) is 20.9 Å². The summed E-state index contributed by atoms with van der Waals surface area (Å²) in [6.07, 6.45) is -0.539. The molecule has 1 unspecified atom stereocenters. The molecule has 0 aliphatic carbocycles. The number of benzene rings is 2. The highest BCUT2D eigenvalue weighted by atomic mass is 35.5. The van der Waals surface area contributed by atoms with Crippen LogP contribution in [0, 0.1) is 5.82 Å². The molecule has 7 nitrogen and oxygen atoms in total. The molecule has 1 atom stereocenters. The van der Waals surface area contributed by atoms with Crippen molar-refractivity contribution in [3.05, 3.63) is 82.3 Å². The maximum absolute atomic E-state index is 13.7. The van der Waals surface area contributed by atoms with Crippen molar-refractivity contribution >= 4 is 29.3 Å². The first kappa shape index (κ1) is 30.9. The molecule has 2 aromatic rings. The number of hydrogen-bond donors (Lipinski definition) is 3. The van der Waals surface area contributed by atoms with Crippen molar-refractivity contribution in [3.63, 3.8) is 0 Å². The average molecular weight is 552 g/mol. The Kier molecular flexibility index (Phi) is 12.8. The molecular weight excluding hydrogens is 519 g/mol. The lowest BCUT2D eigenvalue weighted by Crippen LogP contribution is -2.48. The van der Waals surface area contributed by atoms with Gasteiger partial charge in [-0.2, -0.15) is 0 Å². The minimum Gasteiger partial charge on any atom is -0.334 e. The maximum Gasteiger partial charge on any atom is 0.317 e. The van der Waals surface area contributed by atoms with E-state index in [4.69, 9.17) is 11.6 Å².